The molecule has 4 aliphatic rings. The number of ether oxygens (including phenoxy) is 1. The average Bonchev–Trinajstić information content (AvgIpc) is 3.18. The maximum Gasteiger partial charge on any atom is 0.217 e. The van der Waals surface area contributed by atoms with Crippen LogP contribution in [0.4, 0.5) is 0 Å². The molecule has 0 aromatic carbocycles. The summed E-state index contributed by atoms with van der Waals surface area (Å²) in [6, 6.07) is 6.78. The molecule has 5 heteroatoms. The van der Waals surface area contributed by atoms with Crippen molar-refractivity contribution in [3.8, 4) is 16.3 Å². The van der Waals surface area contributed by atoms with Crippen molar-refractivity contribution in [3.05, 3.63) is 34.8 Å². The van der Waals surface area contributed by atoms with Crippen molar-refractivity contribution < 1.29 is 4.74 Å². The number of nitrogens with zero attached hydrogens (tertiary/aromatic N) is 3. The Labute approximate surface area is 153 Å². The zero-order valence-corrected chi connectivity index (χ0v) is 15.8. The van der Waals surface area contributed by atoms with E-state index >= 15 is 0 Å². The van der Waals surface area contributed by atoms with Crippen LogP contribution in [-0.2, 0) is 13.0 Å². The van der Waals surface area contributed by atoms with Gasteiger partial charge in [-0.05, 0) is 58.2 Å². The molecule has 0 N–H and O–H groups in total. The van der Waals surface area contributed by atoms with E-state index in [1.807, 2.05) is 17.5 Å². The molecule has 0 saturated carbocycles. The molecule has 4 aliphatic heterocycles. The second-order valence-corrected chi connectivity index (χ2v) is 9.25. The molecule has 1 spiro atoms. The van der Waals surface area contributed by atoms with Crippen LogP contribution in [0.1, 0.15) is 23.3 Å². The Bertz CT molecular complexity index is 794. The monoisotopic (exact) mass is 355 g/mol. The number of piperidine rings is 3. The molecule has 25 heavy (non-hydrogen) atoms. The number of fused-ring (bicyclic) bond motifs is 3. The third-order valence-corrected chi connectivity index (χ3v) is 7.08. The van der Waals surface area contributed by atoms with E-state index in [0.29, 0.717) is 5.92 Å². The zero-order chi connectivity index (χ0) is 17.0. The first-order valence-electron chi connectivity index (χ1n) is 9.25. The van der Waals surface area contributed by atoms with Crippen LogP contribution >= 0.6 is 11.3 Å². The summed E-state index contributed by atoms with van der Waals surface area (Å²) in [5, 5.41) is 0. The van der Waals surface area contributed by atoms with E-state index in [1.165, 1.54) is 46.8 Å². The molecule has 0 amide bonds. The standard InChI is InChI=1S/C20H25N3OS/c1-22(2)12-17-3-4-18(25-17)15-9-14-10-20(24-19(14)21-11-15)13-23-7-5-16(20)6-8-23/h3-4,9,11,16H,5-8,10,12-13H2,1-2H3/t20-/m0/s1. The maximum atomic E-state index is 6.46. The maximum absolute atomic E-state index is 6.46. The van der Waals surface area contributed by atoms with Crippen LogP contribution < -0.4 is 4.74 Å². The van der Waals surface area contributed by atoms with Gasteiger partial charge in [0.05, 0.1) is 0 Å². The Balaban J connectivity index is 1.41. The van der Waals surface area contributed by atoms with E-state index in [4.69, 9.17) is 9.72 Å². The van der Waals surface area contributed by atoms with E-state index in [-0.39, 0.29) is 5.60 Å². The Morgan fingerprint density at radius 3 is 2.88 bits per heavy atom. The van der Waals surface area contributed by atoms with Crippen molar-refractivity contribution in [1.82, 2.24) is 14.8 Å². The lowest BCUT2D eigenvalue weighted by molar-refractivity contribution is -0.0814. The molecule has 2 bridgehead atoms. The summed E-state index contributed by atoms with van der Waals surface area (Å²) in [5.74, 6) is 1.58. The van der Waals surface area contributed by atoms with Gasteiger partial charge in [0, 0.05) is 52.5 Å². The molecule has 0 aliphatic carbocycles. The topological polar surface area (TPSA) is 28.6 Å². The number of hydrogen-bond acceptors (Lipinski definition) is 5. The van der Waals surface area contributed by atoms with E-state index in [9.17, 15) is 0 Å². The molecule has 3 saturated heterocycles. The third-order valence-electron chi connectivity index (χ3n) is 5.96. The van der Waals surface area contributed by atoms with Crippen molar-refractivity contribution in [2.24, 2.45) is 5.92 Å². The van der Waals surface area contributed by atoms with E-state index in [0.717, 1.165) is 25.4 Å². The molecule has 0 radical (unpaired) electrons. The van der Waals surface area contributed by atoms with Crippen LogP contribution in [0.5, 0.6) is 5.88 Å². The highest BCUT2D eigenvalue weighted by Crippen LogP contribution is 2.46. The van der Waals surface area contributed by atoms with Crippen LogP contribution in [0, 0.1) is 5.92 Å². The minimum Gasteiger partial charge on any atom is -0.469 e. The van der Waals surface area contributed by atoms with Crippen LogP contribution in [0.2, 0.25) is 0 Å². The molecule has 3 fully saturated rings. The Hall–Kier alpha value is -1.43. The Kier molecular flexibility index (Phi) is 3.66. The van der Waals surface area contributed by atoms with Crippen molar-refractivity contribution in [1.29, 1.82) is 0 Å². The SMILES string of the molecule is CN(C)Cc1ccc(-c2cnc3c(c2)C[C@@]2(CN4CCC2CC4)O3)s1. The van der Waals surface area contributed by atoms with Gasteiger partial charge in [0.2, 0.25) is 5.88 Å². The minimum absolute atomic E-state index is 0.00398. The van der Waals surface area contributed by atoms with E-state index < -0.39 is 0 Å². The van der Waals surface area contributed by atoms with Crippen LogP contribution in [0.15, 0.2) is 24.4 Å². The highest BCUT2D eigenvalue weighted by Gasteiger charge is 2.52. The molecule has 2 aromatic rings. The summed E-state index contributed by atoms with van der Waals surface area (Å²) in [7, 11) is 4.22. The van der Waals surface area contributed by atoms with Gasteiger partial charge in [0.25, 0.3) is 0 Å². The molecule has 2 aromatic heterocycles. The van der Waals surface area contributed by atoms with E-state index in [1.54, 1.807) is 0 Å². The van der Waals surface area contributed by atoms with Crippen LogP contribution in [-0.4, -0.2) is 54.1 Å². The summed E-state index contributed by atoms with van der Waals surface area (Å²) < 4.78 is 6.46. The number of hydrogen-bond donors (Lipinski definition) is 0. The summed E-state index contributed by atoms with van der Waals surface area (Å²) in [6.45, 7) is 4.56. The van der Waals surface area contributed by atoms with Crippen molar-refractivity contribution in [3.63, 3.8) is 0 Å². The second kappa shape index (κ2) is 5.79. The van der Waals surface area contributed by atoms with Gasteiger partial charge in [-0.1, -0.05) is 0 Å². The summed E-state index contributed by atoms with van der Waals surface area (Å²) in [6.07, 6.45) is 5.57. The predicted octanol–water partition coefficient (Wildman–Crippen LogP) is 3.27. The molecule has 6 rings (SSSR count). The average molecular weight is 356 g/mol. The molecule has 132 valence electrons. The Morgan fingerprint density at radius 2 is 2.16 bits per heavy atom. The van der Waals surface area contributed by atoms with Crippen molar-refractivity contribution in [2.45, 2.75) is 31.4 Å². The number of rotatable bonds is 3. The van der Waals surface area contributed by atoms with Gasteiger partial charge >= 0.3 is 0 Å². The molecule has 1 atom stereocenters. The number of pyridine rings is 1. The van der Waals surface area contributed by atoms with E-state index in [2.05, 4.69) is 42.1 Å². The lowest BCUT2D eigenvalue weighted by atomic mass is 9.73. The fourth-order valence-corrected chi connectivity index (χ4v) is 5.88. The summed E-state index contributed by atoms with van der Waals surface area (Å²) in [5.41, 5.74) is 2.53. The van der Waals surface area contributed by atoms with Crippen LogP contribution in [0.3, 0.4) is 0 Å². The lowest BCUT2D eigenvalue weighted by Crippen LogP contribution is -2.61. The normalized spacial score (nSPS) is 30.0. The van der Waals surface area contributed by atoms with Gasteiger partial charge in [-0.2, -0.15) is 0 Å². The van der Waals surface area contributed by atoms with Gasteiger partial charge in [0.15, 0.2) is 0 Å². The largest absolute Gasteiger partial charge is 0.469 e. The lowest BCUT2D eigenvalue weighted by Gasteiger charge is -2.50. The second-order valence-electron chi connectivity index (χ2n) is 8.09. The first kappa shape index (κ1) is 15.8. The molecular formula is C20H25N3OS. The zero-order valence-electron chi connectivity index (χ0n) is 15.0. The molecule has 4 nitrogen and oxygen atoms in total. The fraction of sp³-hybridized carbons (Fsp3) is 0.550. The van der Waals surface area contributed by atoms with Crippen molar-refractivity contribution in [2.75, 3.05) is 33.7 Å². The quantitative estimate of drug-likeness (QED) is 0.845. The van der Waals surface area contributed by atoms with Gasteiger partial charge in [-0.15, -0.1) is 11.3 Å². The Morgan fingerprint density at radius 1 is 1.32 bits per heavy atom. The summed E-state index contributed by atoms with van der Waals surface area (Å²) in [4.78, 5) is 12.2. The smallest absolute Gasteiger partial charge is 0.217 e. The highest BCUT2D eigenvalue weighted by atomic mass is 32.1. The summed E-state index contributed by atoms with van der Waals surface area (Å²) >= 11 is 1.87. The predicted molar refractivity (Wildman–Crippen MR) is 101 cm³/mol. The molecule has 0 unspecified atom stereocenters. The van der Waals surface area contributed by atoms with Gasteiger partial charge < -0.3 is 9.64 Å². The molecule has 6 heterocycles. The van der Waals surface area contributed by atoms with Gasteiger partial charge in [-0.3, -0.25) is 4.90 Å². The van der Waals surface area contributed by atoms with Crippen molar-refractivity contribution >= 4 is 11.3 Å². The van der Waals surface area contributed by atoms with Gasteiger partial charge in [-0.25, -0.2) is 4.98 Å². The molecular weight excluding hydrogens is 330 g/mol. The number of aromatic nitrogens is 1. The van der Waals surface area contributed by atoms with Crippen LogP contribution in [0.25, 0.3) is 10.4 Å². The number of thiophene rings is 1. The first-order chi connectivity index (χ1) is 12.1. The fourth-order valence-electron chi connectivity index (χ4n) is 4.77. The third kappa shape index (κ3) is 2.69. The highest BCUT2D eigenvalue weighted by molar-refractivity contribution is 7.15. The minimum atomic E-state index is -0.00398. The van der Waals surface area contributed by atoms with Gasteiger partial charge in [0.1, 0.15) is 5.60 Å². The first-order valence-corrected chi connectivity index (χ1v) is 10.1.